The summed E-state index contributed by atoms with van der Waals surface area (Å²) in [6.07, 6.45) is 4.64. The summed E-state index contributed by atoms with van der Waals surface area (Å²) < 4.78 is 9.33. The Morgan fingerprint density at radius 2 is 1.37 bits per heavy atom. The summed E-state index contributed by atoms with van der Waals surface area (Å²) in [7, 11) is 0. The molecular formula is C43H53InN6O9. The number of aliphatic carboxylic acids is 3. The Kier molecular flexibility index (Phi) is 12.1. The molecule has 4 atom stereocenters. The summed E-state index contributed by atoms with van der Waals surface area (Å²) in [5, 5.41) is 60.6. The summed E-state index contributed by atoms with van der Waals surface area (Å²) in [5.41, 5.74) is 3.55. The maximum Gasteiger partial charge on any atom is 3.00 e. The third-order valence-corrected chi connectivity index (χ3v) is 14.2. The zero-order chi connectivity index (χ0) is 40.3. The maximum atomic E-state index is 13.4. The van der Waals surface area contributed by atoms with Gasteiger partial charge in [-0.1, -0.05) is 24.3 Å². The molecule has 16 heteroatoms. The number of carbonyl (C=O) groups excluding carboxylic acids is 3. The zero-order valence-electron chi connectivity index (χ0n) is 33.6. The number of likely N-dealkylation sites (tertiary alicyclic amines) is 1. The predicted molar refractivity (Wildman–Crippen MR) is 211 cm³/mol. The maximum absolute atomic E-state index is 13.4. The molecule has 0 amide bonds. The van der Waals surface area contributed by atoms with Crippen LogP contribution in [0.3, 0.4) is 0 Å². The van der Waals surface area contributed by atoms with Crippen LogP contribution in [0.1, 0.15) is 54.2 Å². The van der Waals surface area contributed by atoms with Crippen molar-refractivity contribution in [1.29, 1.82) is 0 Å². The van der Waals surface area contributed by atoms with E-state index in [-0.39, 0.29) is 70.4 Å². The van der Waals surface area contributed by atoms with Crippen LogP contribution in [0.2, 0.25) is 0 Å². The number of fused-ring (bicyclic) bond motifs is 4. The van der Waals surface area contributed by atoms with Gasteiger partial charge in [-0.2, -0.15) is 0 Å². The van der Waals surface area contributed by atoms with Crippen molar-refractivity contribution in [3.63, 3.8) is 0 Å². The van der Waals surface area contributed by atoms with Crippen molar-refractivity contribution in [1.82, 2.24) is 29.1 Å². The fourth-order valence-corrected chi connectivity index (χ4v) is 11.3. The first-order valence-corrected chi connectivity index (χ1v) is 21.0. The topological polar surface area (TPSA) is 191 Å². The molecule has 1 spiro atoms. The normalized spacial score (nSPS) is 27.8. The monoisotopic (exact) mass is 908 g/mol. The number of rotatable bonds is 12. The van der Waals surface area contributed by atoms with E-state index in [2.05, 4.69) is 26.5 Å². The van der Waals surface area contributed by atoms with Crippen LogP contribution in [-0.2, 0) is 39.2 Å². The number of hydrogen-bond donors (Lipinski definition) is 2. The quantitative estimate of drug-likeness (QED) is 0.195. The van der Waals surface area contributed by atoms with Crippen LogP contribution in [0, 0.1) is 5.92 Å². The van der Waals surface area contributed by atoms with Crippen molar-refractivity contribution in [2.75, 3.05) is 91.6 Å². The summed E-state index contributed by atoms with van der Waals surface area (Å²) in [6.45, 7) is 5.16. The number of ether oxygens (including phenoxy) is 1. The van der Waals surface area contributed by atoms with E-state index in [0.717, 1.165) is 59.2 Å². The third-order valence-electron chi connectivity index (χ3n) is 14.2. The number of carboxylic acid groups (broad SMARTS) is 3. The minimum Gasteiger partial charge on any atom is -0.549 e. The van der Waals surface area contributed by atoms with E-state index in [0.29, 0.717) is 76.9 Å². The second-order valence-corrected chi connectivity index (χ2v) is 17.6. The van der Waals surface area contributed by atoms with E-state index in [4.69, 9.17) is 4.74 Å². The Bertz CT molecular complexity index is 2060. The van der Waals surface area contributed by atoms with Crippen LogP contribution in [0.15, 0.2) is 36.4 Å². The molecule has 0 unspecified atom stereocenters. The van der Waals surface area contributed by atoms with Crippen LogP contribution in [0.25, 0.3) is 10.9 Å². The van der Waals surface area contributed by atoms with Gasteiger partial charge in [0.05, 0.1) is 34.6 Å². The number of aromatic hydroxyl groups is 1. The van der Waals surface area contributed by atoms with Crippen molar-refractivity contribution in [3.8, 4) is 11.5 Å². The number of phenols is 1. The Hall–Kier alpha value is -3.38. The van der Waals surface area contributed by atoms with E-state index in [9.17, 15) is 39.9 Å². The number of aliphatic hydroxyl groups is 1. The molecule has 3 aliphatic carbocycles. The van der Waals surface area contributed by atoms with Crippen molar-refractivity contribution in [2.24, 2.45) is 5.92 Å². The first kappa shape index (κ1) is 42.3. The Morgan fingerprint density at radius 1 is 0.780 bits per heavy atom. The van der Waals surface area contributed by atoms with E-state index < -0.39 is 35.0 Å². The van der Waals surface area contributed by atoms with Gasteiger partial charge in [-0.25, -0.2) is 0 Å². The summed E-state index contributed by atoms with van der Waals surface area (Å²) >= 11 is 0. The Labute approximate surface area is 362 Å². The number of nitrogens with zero attached hydrogens (tertiary/aromatic N) is 6. The molecule has 3 aliphatic heterocycles. The van der Waals surface area contributed by atoms with Gasteiger partial charge in [0, 0.05) is 114 Å². The van der Waals surface area contributed by atoms with Gasteiger partial charge in [-0.05, 0) is 74.4 Å². The number of carboxylic acids is 3. The SMILES string of the molecule is O=C([O-])CN1CCN(CCCn2c3c(c4ccccc42)C[C@@]2(O)[C@@H]4Cc5ccc(O)c6c5[C@@]2(CCN4CC2CC2)[C@H]3O6)CCN(CC(=O)[O-])CCN(CC(=O)[O-])CC1.[111In+3]. The Morgan fingerprint density at radius 3 is 1.97 bits per heavy atom. The van der Waals surface area contributed by atoms with Crippen LogP contribution >= 0.6 is 0 Å². The number of piperidine rings is 1. The molecule has 1 saturated carbocycles. The van der Waals surface area contributed by atoms with Gasteiger partial charge in [0.25, 0.3) is 0 Å². The Balaban J connectivity index is 0.00000484. The molecule has 2 saturated heterocycles. The molecule has 4 heterocycles. The van der Waals surface area contributed by atoms with Crippen LogP contribution in [-0.4, -0.2) is 186 Å². The van der Waals surface area contributed by atoms with Crippen molar-refractivity contribution in [2.45, 2.75) is 68.2 Å². The van der Waals surface area contributed by atoms with Gasteiger partial charge < -0.3 is 54.1 Å². The van der Waals surface area contributed by atoms with Crippen molar-refractivity contribution >= 4 is 54.7 Å². The fraction of sp³-hybridized carbons (Fsp3) is 0.605. The average Bonchev–Trinajstić information content (AvgIpc) is 3.85. The number of phenolic OH excluding ortho intramolecular Hbond substituents is 1. The van der Waals surface area contributed by atoms with Crippen molar-refractivity contribution in [3.05, 3.63) is 58.8 Å². The average molecular weight is 909 g/mol. The summed E-state index contributed by atoms with van der Waals surface area (Å²) in [5.74, 6) is -2.39. The standard InChI is InChI=1S/C43H56N6O9.In/c50-33-9-8-29-22-34-43(57)23-31-30-4-1-2-5-32(30)49(39(31)41-42(43,38(29)40(33)58-41)10-13-48(34)24-28-6-7-28)12-3-11-44-14-16-45(25-35(51)52)18-20-47(27-37(55)56)21-19-46(17-15-44)26-36(53)54;/h1-2,4-5,8-9,28,34,41,50,57H,3,6-7,10-27H2,(H,51,52)(H,53,54)(H,55,56);/q;+3/p-3/t34-,41-,42-,43+;/m0./s1/i;1-4. The minimum absolute atomic E-state index is 0. The largest absolute Gasteiger partial charge is 3.00 e. The first-order valence-electron chi connectivity index (χ1n) is 21.0. The molecule has 6 aliphatic rings. The molecule has 3 aromatic rings. The van der Waals surface area contributed by atoms with Crippen LogP contribution in [0.5, 0.6) is 11.5 Å². The number of carbonyl (C=O) groups is 3. The molecule has 1 aromatic heterocycles. The van der Waals surface area contributed by atoms with Gasteiger partial charge >= 0.3 is 25.8 Å². The number of aryl methyl sites for hydroxylation is 1. The van der Waals surface area contributed by atoms with Gasteiger partial charge in [0.15, 0.2) is 17.6 Å². The zero-order valence-corrected chi connectivity index (χ0v) is 36.9. The molecule has 0 radical (unpaired) electrons. The number of para-hydroxylation sites is 1. The second-order valence-electron chi connectivity index (χ2n) is 17.6. The van der Waals surface area contributed by atoms with E-state index >= 15 is 0 Å². The molecule has 2 bridgehead atoms. The third kappa shape index (κ3) is 7.76. The van der Waals surface area contributed by atoms with Gasteiger partial charge in [0.1, 0.15) is 0 Å². The molecule has 59 heavy (non-hydrogen) atoms. The van der Waals surface area contributed by atoms with Crippen LogP contribution < -0.4 is 20.1 Å². The van der Waals surface area contributed by atoms with Crippen molar-refractivity contribution < 1.29 is 44.7 Å². The van der Waals surface area contributed by atoms with E-state index in [1.54, 1.807) is 20.8 Å². The number of aromatic nitrogens is 1. The van der Waals surface area contributed by atoms with Gasteiger partial charge in [0.2, 0.25) is 0 Å². The predicted octanol–water partition coefficient (Wildman–Crippen LogP) is -2.47. The van der Waals surface area contributed by atoms with Gasteiger partial charge in [-0.15, -0.1) is 0 Å². The van der Waals surface area contributed by atoms with Crippen LogP contribution in [0.4, 0.5) is 0 Å². The first-order chi connectivity index (χ1) is 27.9. The molecule has 2 N–H and O–H groups in total. The fourth-order valence-electron chi connectivity index (χ4n) is 11.3. The second kappa shape index (κ2) is 16.8. The smallest absolute Gasteiger partial charge is 0.549 e. The molecule has 9 rings (SSSR count). The summed E-state index contributed by atoms with van der Waals surface area (Å²) in [6, 6.07) is 12.1. The van der Waals surface area contributed by atoms with E-state index in [1.807, 2.05) is 18.2 Å². The molecule has 15 nitrogen and oxygen atoms in total. The van der Waals surface area contributed by atoms with E-state index in [1.165, 1.54) is 12.8 Å². The van der Waals surface area contributed by atoms with Gasteiger partial charge in [-0.3, -0.25) is 19.6 Å². The number of hydrogen-bond acceptors (Lipinski definition) is 14. The summed E-state index contributed by atoms with van der Waals surface area (Å²) in [4.78, 5) is 44.8. The minimum atomic E-state index is -1.26. The molecule has 3 fully saturated rings. The number of benzene rings is 2. The molecular weight excluding hydrogens is 855 g/mol. The molecule has 312 valence electrons. The molecule has 2 aromatic carbocycles.